The van der Waals surface area contributed by atoms with E-state index >= 15 is 0 Å². The number of amidine groups is 1. The predicted molar refractivity (Wildman–Crippen MR) is 115 cm³/mol. The Morgan fingerprint density at radius 1 is 1.26 bits per heavy atom. The summed E-state index contributed by atoms with van der Waals surface area (Å²) < 4.78 is 42.8. The Kier molecular flexibility index (Phi) is 7.94. The number of nitrogens with zero attached hydrogens (tertiary/aromatic N) is 3. The fourth-order valence-electron chi connectivity index (χ4n) is 3.39. The van der Waals surface area contributed by atoms with Crippen molar-refractivity contribution in [3.63, 3.8) is 0 Å². The van der Waals surface area contributed by atoms with Crippen LogP contribution in [0.2, 0.25) is 0 Å². The Morgan fingerprint density at radius 3 is 2.55 bits per heavy atom. The van der Waals surface area contributed by atoms with E-state index in [1.54, 1.807) is 0 Å². The van der Waals surface area contributed by atoms with Gasteiger partial charge < -0.3 is 5.32 Å². The minimum atomic E-state index is -3.67. The quantitative estimate of drug-likeness (QED) is 0.200. The summed E-state index contributed by atoms with van der Waals surface area (Å²) in [5.74, 6) is 0.467. The molecule has 170 valence electrons. The molecule has 11 nitrogen and oxygen atoms in total. The molecule has 0 radical (unpaired) electrons. The minimum Gasteiger partial charge on any atom is -0.365 e. The zero-order valence-corrected chi connectivity index (χ0v) is 18.8. The molecule has 1 aromatic carbocycles. The monoisotopic (exact) mass is 519 g/mol. The lowest BCUT2D eigenvalue weighted by Gasteiger charge is -2.28. The third-order valence-corrected chi connectivity index (χ3v) is 6.24. The number of hydroxylamine groups is 1. The van der Waals surface area contributed by atoms with Gasteiger partial charge in [-0.2, -0.15) is 8.42 Å². The minimum absolute atomic E-state index is 0.0139. The molecule has 0 unspecified atom stereocenters. The molecule has 14 heteroatoms. The van der Waals surface area contributed by atoms with Gasteiger partial charge in [0.2, 0.25) is 5.82 Å². The normalized spacial score (nSPS) is 19.9. The highest BCUT2D eigenvalue weighted by Gasteiger charge is 2.23. The first-order valence-electron chi connectivity index (χ1n) is 9.53. The van der Waals surface area contributed by atoms with E-state index in [9.17, 15) is 18.0 Å². The van der Waals surface area contributed by atoms with Gasteiger partial charge in [0.1, 0.15) is 5.82 Å². The topological polar surface area (TPSA) is 168 Å². The van der Waals surface area contributed by atoms with Crippen LogP contribution in [0.5, 0.6) is 0 Å². The largest absolute Gasteiger partial charge is 0.365 e. The third kappa shape index (κ3) is 6.93. The number of rotatable bonds is 8. The molecule has 2 aromatic rings. The van der Waals surface area contributed by atoms with Gasteiger partial charge in [-0.3, -0.25) is 10.7 Å². The highest BCUT2D eigenvalue weighted by Crippen LogP contribution is 2.29. The average molecular weight is 520 g/mol. The van der Waals surface area contributed by atoms with Gasteiger partial charge in [-0.25, -0.2) is 23.9 Å². The van der Waals surface area contributed by atoms with Crippen LogP contribution >= 0.6 is 15.9 Å². The van der Waals surface area contributed by atoms with Crippen LogP contribution in [0, 0.1) is 17.7 Å². The predicted octanol–water partition coefficient (Wildman–Crippen LogP) is 2.04. The Morgan fingerprint density at radius 2 is 1.94 bits per heavy atom. The Hall–Kier alpha value is -2.13. The number of anilines is 1. The van der Waals surface area contributed by atoms with E-state index in [0.717, 1.165) is 25.7 Å². The maximum atomic E-state index is 13.4. The SMILES string of the molecule is NS(=O)(=O)NCC1CCC(CNc2nonc2C(=Nc2ccc(F)c(Br)c2)NO)CC1. The Bertz CT molecular complexity index is 1030. The molecular formula is C17H23BrFN7O4S. The van der Waals surface area contributed by atoms with E-state index in [4.69, 9.17) is 9.77 Å². The highest BCUT2D eigenvalue weighted by molar-refractivity contribution is 9.10. The molecule has 3 rings (SSSR count). The zero-order chi connectivity index (χ0) is 22.4. The molecule has 31 heavy (non-hydrogen) atoms. The van der Waals surface area contributed by atoms with Gasteiger partial charge in [0.05, 0.1) is 10.2 Å². The van der Waals surface area contributed by atoms with E-state index < -0.39 is 16.0 Å². The Balaban J connectivity index is 1.58. The number of benzene rings is 1. The van der Waals surface area contributed by atoms with Crippen LogP contribution in [0.4, 0.5) is 15.9 Å². The van der Waals surface area contributed by atoms with E-state index in [-0.39, 0.29) is 21.9 Å². The van der Waals surface area contributed by atoms with E-state index in [2.05, 4.69) is 41.3 Å². The summed E-state index contributed by atoms with van der Waals surface area (Å²) >= 11 is 3.09. The summed E-state index contributed by atoms with van der Waals surface area (Å²) in [6, 6.07) is 4.14. The molecule has 0 spiro atoms. The molecule has 1 aliphatic rings. The molecule has 1 aromatic heterocycles. The van der Waals surface area contributed by atoms with Crippen molar-refractivity contribution in [1.29, 1.82) is 0 Å². The molecule has 0 atom stereocenters. The average Bonchev–Trinajstić information content (AvgIpc) is 3.20. The maximum absolute atomic E-state index is 13.4. The standard InChI is InChI=1S/C17H23BrFN7O4S/c18-13-7-12(5-6-14(13)19)23-17(24-27)15-16(26-30-25-15)21-8-10-1-3-11(4-2-10)9-22-31(20,28)29/h5-7,10-11,22,27H,1-4,8-9H2,(H,21,26)(H,23,24)(H2,20,28,29). The third-order valence-electron chi connectivity index (χ3n) is 5.06. The van der Waals surface area contributed by atoms with Crippen molar-refractivity contribution >= 4 is 43.5 Å². The second-order valence-corrected chi connectivity index (χ2v) is 9.53. The van der Waals surface area contributed by atoms with Crippen molar-refractivity contribution < 1.29 is 22.6 Å². The smallest absolute Gasteiger partial charge is 0.274 e. The summed E-state index contributed by atoms with van der Waals surface area (Å²) in [7, 11) is -3.67. The number of hydrogen-bond donors (Lipinski definition) is 5. The molecule has 0 amide bonds. The zero-order valence-electron chi connectivity index (χ0n) is 16.4. The van der Waals surface area contributed by atoms with Crippen LogP contribution in [0.3, 0.4) is 0 Å². The van der Waals surface area contributed by atoms with Crippen molar-refractivity contribution in [2.45, 2.75) is 25.7 Å². The van der Waals surface area contributed by atoms with Crippen molar-refractivity contribution in [3.05, 3.63) is 34.2 Å². The van der Waals surface area contributed by atoms with Crippen molar-refractivity contribution in [2.24, 2.45) is 22.0 Å². The molecule has 1 fully saturated rings. The van der Waals surface area contributed by atoms with Crippen LogP contribution in [0.15, 0.2) is 32.3 Å². The van der Waals surface area contributed by atoms with Crippen LogP contribution in [-0.4, -0.2) is 42.9 Å². The van der Waals surface area contributed by atoms with Gasteiger partial charge in [0.15, 0.2) is 11.5 Å². The second kappa shape index (κ2) is 10.5. The van der Waals surface area contributed by atoms with Crippen LogP contribution < -0.4 is 20.7 Å². The maximum Gasteiger partial charge on any atom is 0.274 e. The summed E-state index contributed by atoms with van der Waals surface area (Å²) in [5, 5.41) is 25.2. The second-order valence-electron chi connectivity index (χ2n) is 7.29. The molecule has 0 aliphatic heterocycles. The van der Waals surface area contributed by atoms with Gasteiger partial charge in [0, 0.05) is 13.1 Å². The van der Waals surface area contributed by atoms with Crippen LogP contribution in [0.25, 0.3) is 0 Å². The highest BCUT2D eigenvalue weighted by atomic mass is 79.9. The van der Waals surface area contributed by atoms with Crippen molar-refractivity contribution in [3.8, 4) is 0 Å². The Labute approximate surface area is 186 Å². The lowest BCUT2D eigenvalue weighted by atomic mass is 9.82. The van der Waals surface area contributed by atoms with Crippen LogP contribution in [-0.2, 0) is 10.2 Å². The summed E-state index contributed by atoms with van der Waals surface area (Å²) in [5.41, 5.74) is 2.52. The fourth-order valence-corrected chi connectivity index (χ4v) is 4.22. The molecule has 0 saturated heterocycles. The van der Waals surface area contributed by atoms with Gasteiger partial charge >= 0.3 is 0 Å². The number of nitrogens with one attached hydrogen (secondary N) is 3. The lowest BCUT2D eigenvalue weighted by molar-refractivity contribution is 0.234. The number of halogens is 2. The summed E-state index contributed by atoms with van der Waals surface area (Å²) in [4.78, 5) is 4.22. The van der Waals surface area contributed by atoms with E-state index in [1.807, 2.05) is 5.48 Å². The molecular weight excluding hydrogens is 497 g/mol. The van der Waals surface area contributed by atoms with Crippen LogP contribution in [0.1, 0.15) is 31.4 Å². The summed E-state index contributed by atoms with van der Waals surface area (Å²) in [6.07, 6.45) is 3.58. The first-order valence-corrected chi connectivity index (χ1v) is 11.9. The van der Waals surface area contributed by atoms with Crippen molar-refractivity contribution in [1.82, 2.24) is 20.5 Å². The molecule has 0 bridgehead atoms. The lowest BCUT2D eigenvalue weighted by Crippen LogP contribution is -2.36. The van der Waals surface area contributed by atoms with Gasteiger partial charge in [0.25, 0.3) is 10.2 Å². The van der Waals surface area contributed by atoms with Gasteiger partial charge in [-0.05, 0) is 82.0 Å². The number of hydrogen-bond acceptors (Lipinski definition) is 8. The first-order chi connectivity index (χ1) is 14.7. The summed E-state index contributed by atoms with van der Waals surface area (Å²) in [6.45, 7) is 0.940. The van der Waals surface area contributed by atoms with E-state index in [1.165, 1.54) is 18.2 Å². The fraction of sp³-hybridized carbons (Fsp3) is 0.471. The van der Waals surface area contributed by atoms with Crippen molar-refractivity contribution in [2.75, 3.05) is 18.4 Å². The number of nitrogens with two attached hydrogens (primary N) is 1. The first kappa shape index (κ1) is 23.5. The molecule has 6 N–H and O–H groups in total. The van der Waals surface area contributed by atoms with E-state index in [0.29, 0.717) is 30.5 Å². The number of aliphatic imine (C=N–C) groups is 1. The molecule has 1 aliphatic carbocycles. The van der Waals surface area contributed by atoms with Gasteiger partial charge in [-0.15, -0.1) is 0 Å². The molecule has 1 saturated carbocycles. The molecule has 1 heterocycles. The van der Waals surface area contributed by atoms with Gasteiger partial charge in [-0.1, -0.05) is 0 Å². The number of aromatic nitrogens is 2.